The van der Waals surface area contributed by atoms with Gasteiger partial charge in [-0.1, -0.05) is 12.5 Å². The summed E-state index contributed by atoms with van der Waals surface area (Å²) < 4.78 is 0. The van der Waals surface area contributed by atoms with Gasteiger partial charge in [0.05, 0.1) is 0 Å². The van der Waals surface area contributed by atoms with E-state index in [0.29, 0.717) is 18.2 Å². The van der Waals surface area contributed by atoms with Crippen LogP contribution in [0.3, 0.4) is 0 Å². The van der Waals surface area contributed by atoms with Crippen molar-refractivity contribution >= 4 is 0 Å². The average molecular weight is 294 g/mol. The third-order valence-corrected chi connectivity index (χ3v) is 4.27. The lowest BCUT2D eigenvalue weighted by molar-refractivity contribution is 0.159. The Bertz CT molecular complexity index is 465. The summed E-state index contributed by atoms with van der Waals surface area (Å²) in [5, 5.41) is 31.7. The summed E-state index contributed by atoms with van der Waals surface area (Å²) in [4.78, 5) is 2.54. The lowest BCUT2D eigenvalue weighted by Gasteiger charge is -2.33. The topological polar surface area (TPSA) is 76.0 Å². The minimum Gasteiger partial charge on any atom is -0.504 e. The van der Waals surface area contributed by atoms with Crippen LogP contribution in [0.4, 0.5) is 0 Å². The predicted molar refractivity (Wildman–Crippen MR) is 82.6 cm³/mol. The van der Waals surface area contributed by atoms with Gasteiger partial charge in [-0.2, -0.15) is 0 Å². The van der Waals surface area contributed by atoms with Crippen molar-refractivity contribution in [3.8, 4) is 17.2 Å². The molecule has 0 aromatic heterocycles. The van der Waals surface area contributed by atoms with E-state index in [1.807, 2.05) is 0 Å². The van der Waals surface area contributed by atoms with Crippen LogP contribution in [0.25, 0.3) is 0 Å². The summed E-state index contributed by atoms with van der Waals surface area (Å²) >= 11 is 0. The number of rotatable bonds is 6. The van der Waals surface area contributed by atoms with E-state index in [0.717, 1.165) is 19.5 Å². The average Bonchev–Trinajstić information content (AvgIpc) is 2.48. The van der Waals surface area contributed by atoms with Crippen LogP contribution >= 0.6 is 0 Å². The molecule has 2 rings (SSSR count). The van der Waals surface area contributed by atoms with E-state index in [9.17, 15) is 15.3 Å². The number of aromatic hydroxyl groups is 3. The highest BCUT2D eigenvalue weighted by Crippen LogP contribution is 2.36. The van der Waals surface area contributed by atoms with Gasteiger partial charge in [0, 0.05) is 18.2 Å². The van der Waals surface area contributed by atoms with Gasteiger partial charge in [-0.3, -0.25) is 0 Å². The fraction of sp³-hybridized carbons (Fsp3) is 0.625. The van der Waals surface area contributed by atoms with Crippen molar-refractivity contribution in [2.45, 2.75) is 45.2 Å². The summed E-state index contributed by atoms with van der Waals surface area (Å²) in [6.07, 6.45) is 5.02. The van der Waals surface area contributed by atoms with Gasteiger partial charge in [-0.05, 0) is 51.9 Å². The zero-order chi connectivity index (χ0) is 15.2. The molecular formula is C16H26N2O3. The summed E-state index contributed by atoms with van der Waals surface area (Å²) in [7, 11) is 0. The van der Waals surface area contributed by atoms with Gasteiger partial charge in [-0.15, -0.1) is 0 Å². The lowest BCUT2D eigenvalue weighted by Crippen LogP contribution is -2.38. The molecule has 5 heteroatoms. The number of piperidine rings is 1. The molecule has 0 aliphatic carbocycles. The Morgan fingerprint density at radius 2 is 2.00 bits per heavy atom. The van der Waals surface area contributed by atoms with Crippen LogP contribution in [0, 0.1) is 0 Å². The molecule has 0 radical (unpaired) electrons. The summed E-state index contributed by atoms with van der Waals surface area (Å²) in [5.41, 5.74) is 0.594. The number of hydrogen-bond acceptors (Lipinski definition) is 5. The maximum absolute atomic E-state index is 9.72. The fourth-order valence-corrected chi connectivity index (χ4v) is 2.87. The highest BCUT2D eigenvalue weighted by atomic mass is 16.3. The first-order valence-electron chi connectivity index (χ1n) is 7.77. The molecule has 1 aliphatic heterocycles. The second-order valence-electron chi connectivity index (χ2n) is 5.85. The third-order valence-electron chi connectivity index (χ3n) is 4.27. The van der Waals surface area contributed by atoms with E-state index in [1.165, 1.54) is 31.9 Å². The van der Waals surface area contributed by atoms with Gasteiger partial charge in [0.25, 0.3) is 0 Å². The van der Waals surface area contributed by atoms with Gasteiger partial charge in [-0.25, -0.2) is 0 Å². The molecule has 4 N–H and O–H groups in total. The van der Waals surface area contributed by atoms with Crippen LogP contribution in [0.2, 0.25) is 0 Å². The molecule has 1 heterocycles. The van der Waals surface area contributed by atoms with Crippen molar-refractivity contribution in [2.75, 3.05) is 19.6 Å². The minimum atomic E-state index is -0.448. The van der Waals surface area contributed by atoms with Crippen molar-refractivity contribution in [1.82, 2.24) is 10.2 Å². The van der Waals surface area contributed by atoms with Crippen LogP contribution in [0.1, 0.15) is 38.2 Å². The smallest absolute Gasteiger partial charge is 0.200 e. The molecule has 118 valence electrons. The van der Waals surface area contributed by atoms with Crippen molar-refractivity contribution in [1.29, 1.82) is 0 Å². The van der Waals surface area contributed by atoms with Gasteiger partial charge in [0.2, 0.25) is 5.75 Å². The van der Waals surface area contributed by atoms with Crippen LogP contribution in [-0.4, -0.2) is 45.9 Å². The SMILES string of the molecule is CC1CCCCN1CCCNCc1ccc(O)c(O)c1O. The van der Waals surface area contributed by atoms with Crippen LogP contribution in [0.5, 0.6) is 17.2 Å². The summed E-state index contributed by atoms with van der Waals surface area (Å²) in [6.45, 7) is 5.94. The molecule has 1 saturated heterocycles. The van der Waals surface area contributed by atoms with E-state index in [-0.39, 0.29) is 11.5 Å². The molecule has 0 bridgehead atoms. The second kappa shape index (κ2) is 7.52. The standard InChI is InChI=1S/C16H26N2O3/c1-12-5-2-3-9-18(12)10-4-8-17-11-13-6-7-14(19)16(21)15(13)20/h6-7,12,17,19-21H,2-5,8-11H2,1H3. The van der Waals surface area contributed by atoms with Crippen molar-refractivity contribution in [3.63, 3.8) is 0 Å². The first-order valence-corrected chi connectivity index (χ1v) is 7.77. The second-order valence-corrected chi connectivity index (χ2v) is 5.85. The Morgan fingerprint density at radius 1 is 1.19 bits per heavy atom. The molecule has 1 aliphatic rings. The minimum absolute atomic E-state index is 0.243. The predicted octanol–water partition coefficient (Wildman–Crippen LogP) is 2.16. The molecule has 21 heavy (non-hydrogen) atoms. The van der Waals surface area contributed by atoms with Crippen molar-refractivity contribution in [2.24, 2.45) is 0 Å². The van der Waals surface area contributed by atoms with Crippen LogP contribution in [-0.2, 0) is 6.54 Å². The lowest BCUT2D eigenvalue weighted by atomic mass is 10.0. The Kier molecular flexibility index (Phi) is 5.70. The molecule has 1 aromatic carbocycles. The molecule has 0 saturated carbocycles. The van der Waals surface area contributed by atoms with Gasteiger partial charge in [0.15, 0.2) is 11.5 Å². The van der Waals surface area contributed by atoms with Gasteiger partial charge >= 0.3 is 0 Å². The Labute approximate surface area is 126 Å². The first-order chi connectivity index (χ1) is 10.1. The molecule has 0 amide bonds. The first kappa shape index (κ1) is 15.9. The Morgan fingerprint density at radius 3 is 2.76 bits per heavy atom. The molecule has 0 spiro atoms. The fourth-order valence-electron chi connectivity index (χ4n) is 2.87. The highest BCUT2D eigenvalue weighted by molar-refractivity contribution is 5.52. The van der Waals surface area contributed by atoms with E-state index >= 15 is 0 Å². The van der Waals surface area contributed by atoms with Crippen LogP contribution in [0.15, 0.2) is 12.1 Å². The molecule has 1 aromatic rings. The van der Waals surface area contributed by atoms with E-state index in [4.69, 9.17) is 0 Å². The molecule has 1 atom stereocenters. The largest absolute Gasteiger partial charge is 0.504 e. The molecule has 1 fully saturated rings. The quantitative estimate of drug-likeness (QED) is 0.478. The van der Waals surface area contributed by atoms with E-state index < -0.39 is 5.75 Å². The maximum Gasteiger partial charge on any atom is 0.200 e. The number of phenols is 3. The zero-order valence-corrected chi connectivity index (χ0v) is 12.7. The highest BCUT2D eigenvalue weighted by Gasteiger charge is 2.17. The summed E-state index contributed by atoms with van der Waals surface area (Å²) in [6, 6.07) is 3.70. The van der Waals surface area contributed by atoms with Gasteiger partial charge in [0.1, 0.15) is 0 Å². The molecule has 1 unspecified atom stereocenters. The monoisotopic (exact) mass is 294 g/mol. The zero-order valence-electron chi connectivity index (χ0n) is 12.7. The van der Waals surface area contributed by atoms with Gasteiger partial charge < -0.3 is 25.5 Å². The van der Waals surface area contributed by atoms with Crippen LogP contribution < -0.4 is 5.32 Å². The number of likely N-dealkylation sites (tertiary alicyclic amines) is 1. The normalized spacial score (nSPS) is 19.8. The van der Waals surface area contributed by atoms with Crippen molar-refractivity contribution < 1.29 is 15.3 Å². The Hall–Kier alpha value is -1.46. The van der Waals surface area contributed by atoms with E-state index in [2.05, 4.69) is 17.1 Å². The number of phenolic OH excluding ortho intramolecular Hbond substituents is 3. The number of hydrogen-bond donors (Lipinski definition) is 4. The summed E-state index contributed by atoms with van der Waals surface area (Å²) in [5.74, 6) is -0.987. The number of nitrogens with one attached hydrogen (secondary N) is 1. The van der Waals surface area contributed by atoms with Crippen molar-refractivity contribution in [3.05, 3.63) is 17.7 Å². The molecule has 5 nitrogen and oxygen atoms in total. The Balaban J connectivity index is 1.69. The maximum atomic E-state index is 9.72. The van der Waals surface area contributed by atoms with E-state index in [1.54, 1.807) is 6.07 Å². The molecular weight excluding hydrogens is 268 g/mol. The number of benzene rings is 1. The number of nitrogens with zero attached hydrogens (tertiary/aromatic N) is 1. The third kappa shape index (κ3) is 4.25.